The average Bonchev–Trinajstić information content (AvgIpc) is 2.67. The van der Waals surface area contributed by atoms with Gasteiger partial charge >= 0.3 is 5.97 Å². The molecule has 96 valence electrons. The highest BCUT2D eigenvalue weighted by atomic mass is 16.5. The lowest BCUT2D eigenvalue weighted by molar-refractivity contribution is -0.165. The maximum Gasteiger partial charge on any atom is 0.319 e. The SMILES string of the molecule is CCOC(=O)[C@@H]1C(=O)N(O)C[C@@H]1c1ccccc1. The standard InChI is InChI=1S/C13H15NO4/c1-2-18-13(16)11-10(8-14(17)12(11)15)9-6-4-3-5-7-9/h3-7,10-11,17H,2,8H2,1H3/t10-,11+/m1/s1. The number of nitrogens with zero attached hydrogens (tertiary/aromatic N) is 1. The van der Waals surface area contributed by atoms with Crippen LogP contribution in [0, 0.1) is 5.92 Å². The van der Waals surface area contributed by atoms with Crippen molar-refractivity contribution in [3.05, 3.63) is 35.9 Å². The molecule has 1 amide bonds. The molecule has 2 rings (SSSR count). The summed E-state index contributed by atoms with van der Waals surface area (Å²) in [5.74, 6) is -2.48. The third kappa shape index (κ3) is 2.22. The van der Waals surface area contributed by atoms with Crippen LogP contribution in [0.1, 0.15) is 18.4 Å². The van der Waals surface area contributed by atoms with Gasteiger partial charge in [0.1, 0.15) is 5.92 Å². The van der Waals surface area contributed by atoms with Gasteiger partial charge in [0.2, 0.25) is 0 Å². The molecule has 2 atom stereocenters. The average molecular weight is 249 g/mol. The van der Waals surface area contributed by atoms with Crippen molar-refractivity contribution >= 4 is 11.9 Å². The lowest BCUT2D eigenvalue weighted by Gasteiger charge is -2.15. The van der Waals surface area contributed by atoms with E-state index in [-0.39, 0.29) is 19.1 Å². The molecule has 1 aromatic rings. The zero-order valence-corrected chi connectivity index (χ0v) is 10.1. The van der Waals surface area contributed by atoms with Crippen LogP contribution in [0.15, 0.2) is 30.3 Å². The lowest BCUT2D eigenvalue weighted by atomic mass is 9.89. The van der Waals surface area contributed by atoms with E-state index in [1.165, 1.54) is 0 Å². The quantitative estimate of drug-likeness (QED) is 0.496. The molecule has 18 heavy (non-hydrogen) atoms. The second-order valence-corrected chi connectivity index (χ2v) is 4.17. The summed E-state index contributed by atoms with van der Waals surface area (Å²) >= 11 is 0. The Morgan fingerprint density at radius 1 is 1.44 bits per heavy atom. The summed E-state index contributed by atoms with van der Waals surface area (Å²) in [5, 5.41) is 10.1. The highest BCUT2D eigenvalue weighted by Crippen LogP contribution is 2.33. The minimum Gasteiger partial charge on any atom is -0.465 e. The number of hydroxylamine groups is 2. The number of hydrogen-bond acceptors (Lipinski definition) is 4. The predicted octanol–water partition coefficient (Wildman–Crippen LogP) is 1.18. The third-order valence-electron chi connectivity index (χ3n) is 3.06. The Labute approximate surface area is 105 Å². The molecule has 0 aromatic heterocycles. The molecule has 5 heteroatoms. The minimum absolute atomic E-state index is 0.117. The van der Waals surface area contributed by atoms with E-state index in [4.69, 9.17) is 4.74 Å². The number of esters is 1. The van der Waals surface area contributed by atoms with Crippen molar-refractivity contribution < 1.29 is 19.5 Å². The summed E-state index contributed by atoms with van der Waals surface area (Å²) in [5.41, 5.74) is 0.848. The van der Waals surface area contributed by atoms with E-state index >= 15 is 0 Å². The first-order valence-corrected chi connectivity index (χ1v) is 5.87. The molecule has 1 saturated heterocycles. The number of hydrogen-bond donors (Lipinski definition) is 1. The molecule has 1 N–H and O–H groups in total. The van der Waals surface area contributed by atoms with Gasteiger partial charge in [0, 0.05) is 5.92 Å². The van der Waals surface area contributed by atoms with Crippen molar-refractivity contribution in [3.63, 3.8) is 0 Å². The van der Waals surface area contributed by atoms with Crippen molar-refractivity contribution in [1.29, 1.82) is 0 Å². The van der Waals surface area contributed by atoms with Gasteiger partial charge in [-0.05, 0) is 12.5 Å². The van der Waals surface area contributed by atoms with E-state index in [2.05, 4.69) is 0 Å². The fourth-order valence-corrected chi connectivity index (χ4v) is 2.21. The molecule has 0 spiro atoms. The third-order valence-corrected chi connectivity index (χ3v) is 3.06. The van der Waals surface area contributed by atoms with Crippen LogP contribution in [-0.2, 0) is 14.3 Å². The highest BCUT2D eigenvalue weighted by molar-refractivity contribution is 6.00. The molecule has 0 saturated carbocycles. The Bertz CT molecular complexity index is 446. The number of rotatable bonds is 3. The molecule has 1 aliphatic heterocycles. The van der Waals surface area contributed by atoms with Gasteiger partial charge in [-0.2, -0.15) is 0 Å². The Morgan fingerprint density at radius 2 is 2.11 bits per heavy atom. The molecule has 0 aliphatic carbocycles. The largest absolute Gasteiger partial charge is 0.465 e. The van der Waals surface area contributed by atoms with Gasteiger partial charge in [-0.1, -0.05) is 30.3 Å². The van der Waals surface area contributed by atoms with E-state index in [1.54, 1.807) is 6.92 Å². The van der Waals surface area contributed by atoms with Crippen molar-refractivity contribution in [2.24, 2.45) is 5.92 Å². The maximum atomic E-state index is 11.8. The summed E-state index contributed by atoms with van der Waals surface area (Å²) in [6, 6.07) is 9.20. The normalized spacial score (nSPS) is 23.2. The molecule has 0 radical (unpaired) electrons. The predicted molar refractivity (Wildman–Crippen MR) is 62.8 cm³/mol. The summed E-state index contributed by atoms with van der Waals surface area (Å²) in [4.78, 5) is 23.6. The van der Waals surface area contributed by atoms with Crippen LogP contribution in [0.2, 0.25) is 0 Å². The van der Waals surface area contributed by atoms with Gasteiger partial charge in [0.15, 0.2) is 0 Å². The molecular formula is C13H15NO4. The van der Waals surface area contributed by atoms with Crippen LogP contribution in [0.25, 0.3) is 0 Å². The fraction of sp³-hybridized carbons (Fsp3) is 0.385. The summed E-state index contributed by atoms with van der Waals surface area (Å²) in [6.45, 7) is 2.02. The van der Waals surface area contributed by atoms with Crippen LogP contribution in [0.4, 0.5) is 0 Å². The molecule has 1 aliphatic rings. The van der Waals surface area contributed by atoms with Gasteiger partial charge in [-0.25, -0.2) is 5.06 Å². The van der Waals surface area contributed by atoms with Crippen LogP contribution in [0.3, 0.4) is 0 Å². The summed E-state index contributed by atoms with van der Waals surface area (Å²) in [6.07, 6.45) is 0. The van der Waals surface area contributed by atoms with Crippen molar-refractivity contribution in [3.8, 4) is 0 Å². The zero-order chi connectivity index (χ0) is 13.1. The molecule has 0 unspecified atom stereocenters. The van der Waals surface area contributed by atoms with E-state index in [1.807, 2.05) is 30.3 Å². The molecular weight excluding hydrogens is 234 g/mol. The minimum atomic E-state index is -0.947. The first-order chi connectivity index (χ1) is 8.65. The number of benzene rings is 1. The van der Waals surface area contributed by atoms with E-state index in [0.717, 1.165) is 5.56 Å². The van der Waals surface area contributed by atoms with Gasteiger partial charge in [0.25, 0.3) is 5.91 Å². The monoisotopic (exact) mass is 249 g/mol. The van der Waals surface area contributed by atoms with E-state index < -0.39 is 17.8 Å². The van der Waals surface area contributed by atoms with Crippen LogP contribution in [-0.4, -0.2) is 35.3 Å². The molecule has 1 fully saturated rings. The first-order valence-electron chi connectivity index (χ1n) is 5.87. The first kappa shape index (κ1) is 12.6. The number of ether oxygens (including phenoxy) is 1. The zero-order valence-electron chi connectivity index (χ0n) is 10.1. The molecule has 0 bridgehead atoms. The lowest BCUT2D eigenvalue weighted by Crippen LogP contribution is -2.30. The van der Waals surface area contributed by atoms with Crippen LogP contribution < -0.4 is 0 Å². The number of carbonyl (C=O) groups is 2. The Balaban J connectivity index is 2.28. The summed E-state index contributed by atoms with van der Waals surface area (Å²) in [7, 11) is 0. The van der Waals surface area contributed by atoms with Gasteiger partial charge in [-0.15, -0.1) is 0 Å². The molecule has 1 heterocycles. The number of carbonyl (C=O) groups excluding carboxylic acids is 2. The summed E-state index contributed by atoms with van der Waals surface area (Å²) < 4.78 is 4.90. The molecule has 5 nitrogen and oxygen atoms in total. The Morgan fingerprint density at radius 3 is 2.72 bits per heavy atom. The van der Waals surface area contributed by atoms with Crippen molar-refractivity contribution in [1.82, 2.24) is 5.06 Å². The van der Waals surface area contributed by atoms with Gasteiger partial charge in [0.05, 0.1) is 13.2 Å². The fourth-order valence-electron chi connectivity index (χ4n) is 2.21. The maximum absolute atomic E-state index is 11.8. The molecule has 1 aromatic carbocycles. The second-order valence-electron chi connectivity index (χ2n) is 4.17. The van der Waals surface area contributed by atoms with Crippen molar-refractivity contribution in [2.45, 2.75) is 12.8 Å². The number of amides is 1. The van der Waals surface area contributed by atoms with Crippen LogP contribution in [0.5, 0.6) is 0 Å². The van der Waals surface area contributed by atoms with Crippen LogP contribution >= 0.6 is 0 Å². The Hall–Kier alpha value is -1.88. The van der Waals surface area contributed by atoms with E-state index in [9.17, 15) is 14.8 Å². The smallest absolute Gasteiger partial charge is 0.319 e. The highest BCUT2D eigenvalue weighted by Gasteiger charge is 2.46. The second kappa shape index (κ2) is 5.18. The van der Waals surface area contributed by atoms with Gasteiger partial charge in [-0.3, -0.25) is 14.8 Å². The Kier molecular flexibility index (Phi) is 3.62. The van der Waals surface area contributed by atoms with Gasteiger partial charge < -0.3 is 4.74 Å². The van der Waals surface area contributed by atoms with E-state index in [0.29, 0.717) is 5.06 Å². The van der Waals surface area contributed by atoms with Crippen molar-refractivity contribution in [2.75, 3.05) is 13.2 Å². The topological polar surface area (TPSA) is 66.8 Å².